The standard InChI is InChI=1S/C18H30N2O3/c1-12-5-3-8-18(2)16(23-18)15-13(7-6-12)14(17(21)22-15)11-20-10-4-9-19/h5,13-16,20H,3-4,6-11,19H2,1-2H3/t13-,14-,15-,16-,18+/m0/s1. The van der Waals surface area contributed by atoms with E-state index >= 15 is 0 Å². The van der Waals surface area contributed by atoms with Crippen molar-refractivity contribution in [2.45, 2.75) is 63.8 Å². The Labute approximate surface area is 139 Å². The number of hydrogen-bond acceptors (Lipinski definition) is 5. The van der Waals surface area contributed by atoms with Gasteiger partial charge in [0, 0.05) is 12.5 Å². The molecule has 2 fully saturated rings. The first-order valence-electron chi connectivity index (χ1n) is 9.00. The first kappa shape index (κ1) is 16.9. The summed E-state index contributed by atoms with van der Waals surface area (Å²) in [6.45, 7) is 6.56. The number of nitrogens with one attached hydrogen (secondary N) is 1. The monoisotopic (exact) mass is 322 g/mol. The van der Waals surface area contributed by atoms with E-state index in [0.717, 1.165) is 38.6 Å². The summed E-state index contributed by atoms with van der Waals surface area (Å²) in [7, 11) is 0. The van der Waals surface area contributed by atoms with Crippen molar-refractivity contribution in [3.8, 4) is 0 Å². The lowest BCUT2D eigenvalue weighted by Gasteiger charge is -2.22. The van der Waals surface area contributed by atoms with Gasteiger partial charge in [-0.1, -0.05) is 11.6 Å². The molecule has 3 N–H and O–H groups in total. The number of ether oxygens (including phenoxy) is 2. The Kier molecular flexibility index (Phi) is 5.09. The van der Waals surface area contributed by atoms with Crippen LogP contribution in [0.4, 0.5) is 0 Å². The molecule has 1 aliphatic carbocycles. The van der Waals surface area contributed by atoms with Gasteiger partial charge in [0.1, 0.15) is 12.2 Å². The fraction of sp³-hybridized carbons (Fsp3) is 0.833. The fourth-order valence-corrected chi connectivity index (χ4v) is 4.06. The summed E-state index contributed by atoms with van der Waals surface area (Å²) in [5.41, 5.74) is 6.83. The second-order valence-corrected chi connectivity index (χ2v) is 7.50. The Bertz CT molecular complexity index is 479. The highest BCUT2D eigenvalue weighted by Gasteiger charge is 2.62. The minimum Gasteiger partial charge on any atom is -0.459 e. The summed E-state index contributed by atoms with van der Waals surface area (Å²) in [6.07, 6.45) is 7.37. The lowest BCUT2D eigenvalue weighted by atomic mass is 9.80. The maximum absolute atomic E-state index is 12.4. The zero-order chi connectivity index (χ0) is 16.4. The van der Waals surface area contributed by atoms with Crippen LogP contribution in [0.1, 0.15) is 46.0 Å². The van der Waals surface area contributed by atoms with Crippen molar-refractivity contribution < 1.29 is 14.3 Å². The summed E-state index contributed by atoms with van der Waals surface area (Å²) in [5, 5.41) is 3.37. The summed E-state index contributed by atoms with van der Waals surface area (Å²) < 4.78 is 11.8. The van der Waals surface area contributed by atoms with Crippen LogP contribution in [-0.4, -0.2) is 43.4 Å². The highest BCUT2D eigenvalue weighted by atomic mass is 16.6. The summed E-state index contributed by atoms with van der Waals surface area (Å²) in [6, 6.07) is 0. The number of carbonyl (C=O) groups excluding carboxylic acids is 1. The number of hydrogen-bond donors (Lipinski definition) is 2. The SMILES string of the molecule is CC1=CCC[C@@]2(C)O[C@H]2[C@H]2OC(=O)[C@@H](CNCCCN)[C@@H]2CC1. The molecule has 5 atom stereocenters. The van der Waals surface area contributed by atoms with Gasteiger partial charge in [-0.15, -0.1) is 0 Å². The van der Waals surface area contributed by atoms with E-state index in [9.17, 15) is 4.79 Å². The van der Waals surface area contributed by atoms with Crippen molar-refractivity contribution in [2.75, 3.05) is 19.6 Å². The topological polar surface area (TPSA) is 76.9 Å². The van der Waals surface area contributed by atoms with E-state index in [-0.39, 0.29) is 35.6 Å². The number of esters is 1. The molecule has 0 aromatic carbocycles. The average Bonchev–Trinajstić information content (AvgIpc) is 3.08. The van der Waals surface area contributed by atoms with Crippen LogP contribution in [0.5, 0.6) is 0 Å². The van der Waals surface area contributed by atoms with Crippen molar-refractivity contribution in [1.29, 1.82) is 0 Å². The molecule has 5 heteroatoms. The van der Waals surface area contributed by atoms with Gasteiger partial charge in [0.25, 0.3) is 0 Å². The predicted molar refractivity (Wildman–Crippen MR) is 88.9 cm³/mol. The third-order valence-corrected chi connectivity index (χ3v) is 5.66. The predicted octanol–water partition coefficient (Wildman–Crippen LogP) is 1.76. The molecule has 0 aromatic rings. The van der Waals surface area contributed by atoms with Crippen LogP contribution in [0.25, 0.3) is 0 Å². The molecule has 0 spiro atoms. The molecule has 0 bridgehead atoms. The number of epoxide rings is 1. The van der Waals surface area contributed by atoms with Crippen molar-refractivity contribution in [1.82, 2.24) is 5.32 Å². The van der Waals surface area contributed by atoms with Gasteiger partial charge in [-0.3, -0.25) is 4.79 Å². The summed E-state index contributed by atoms with van der Waals surface area (Å²) >= 11 is 0. The van der Waals surface area contributed by atoms with Crippen LogP contribution in [0.15, 0.2) is 11.6 Å². The molecule has 0 aromatic heterocycles. The van der Waals surface area contributed by atoms with E-state index in [1.165, 1.54) is 5.57 Å². The van der Waals surface area contributed by atoms with Gasteiger partial charge in [0.05, 0.1) is 11.5 Å². The summed E-state index contributed by atoms with van der Waals surface area (Å²) in [4.78, 5) is 12.4. The molecule has 2 aliphatic heterocycles. The van der Waals surface area contributed by atoms with Gasteiger partial charge in [-0.2, -0.15) is 0 Å². The van der Waals surface area contributed by atoms with Gasteiger partial charge < -0.3 is 20.5 Å². The minimum absolute atomic E-state index is 0.0565. The highest BCUT2D eigenvalue weighted by molar-refractivity contribution is 5.75. The smallest absolute Gasteiger partial charge is 0.311 e. The Balaban J connectivity index is 1.70. The number of nitrogens with two attached hydrogens (primary N) is 1. The molecule has 23 heavy (non-hydrogen) atoms. The number of allylic oxidation sites excluding steroid dienone is 2. The van der Waals surface area contributed by atoms with Crippen molar-refractivity contribution in [3.05, 3.63) is 11.6 Å². The molecule has 2 heterocycles. The van der Waals surface area contributed by atoms with Crippen LogP contribution < -0.4 is 11.1 Å². The summed E-state index contributed by atoms with van der Waals surface area (Å²) in [5.74, 6) is 0.138. The molecule has 5 nitrogen and oxygen atoms in total. The third-order valence-electron chi connectivity index (χ3n) is 5.66. The fourth-order valence-electron chi connectivity index (χ4n) is 4.06. The van der Waals surface area contributed by atoms with E-state index in [2.05, 4.69) is 25.2 Å². The van der Waals surface area contributed by atoms with Gasteiger partial charge in [-0.05, 0) is 59.0 Å². The molecule has 3 rings (SSSR count). The third kappa shape index (κ3) is 3.62. The Morgan fingerprint density at radius 3 is 3.09 bits per heavy atom. The van der Waals surface area contributed by atoms with Gasteiger partial charge >= 0.3 is 5.97 Å². The van der Waals surface area contributed by atoms with Crippen LogP contribution in [-0.2, 0) is 14.3 Å². The number of fused-ring (bicyclic) bond motifs is 3. The van der Waals surface area contributed by atoms with Crippen molar-refractivity contribution >= 4 is 5.97 Å². The van der Waals surface area contributed by atoms with Crippen LogP contribution >= 0.6 is 0 Å². The molecule has 2 saturated heterocycles. The van der Waals surface area contributed by atoms with Gasteiger partial charge in [0.2, 0.25) is 0 Å². The number of carbonyl (C=O) groups is 1. The molecular weight excluding hydrogens is 292 g/mol. The largest absolute Gasteiger partial charge is 0.459 e. The Morgan fingerprint density at radius 1 is 1.48 bits per heavy atom. The lowest BCUT2D eigenvalue weighted by molar-refractivity contribution is -0.144. The van der Waals surface area contributed by atoms with Crippen LogP contribution in [0.2, 0.25) is 0 Å². The quantitative estimate of drug-likeness (QED) is 0.349. The average molecular weight is 322 g/mol. The first-order valence-corrected chi connectivity index (χ1v) is 9.00. The molecule has 0 saturated carbocycles. The highest BCUT2D eigenvalue weighted by Crippen LogP contribution is 2.50. The second kappa shape index (κ2) is 6.91. The van der Waals surface area contributed by atoms with Gasteiger partial charge in [0.15, 0.2) is 0 Å². The van der Waals surface area contributed by atoms with E-state index in [0.29, 0.717) is 13.1 Å². The van der Waals surface area contributed by atoms with E-state index < -0.39 is 0 Å². The zero-order valence-electron chi connectivity index (χ0n) is 14.3. The molecule has 0 unspecified atom stereocenters. The number of rotatable bonds is 5. The van der Waals surface area contributed by atoms with E-state index in [4.69, 9.17) is 15.2 Å². The minimum atomic E-state index is -0.112. The van der Waals surface area contributed by atoms with Crippen LogP contribution in [0, 0.1) is 11.8 Å². The molecule has 3 aliphatic rings. The molecular formula is C18H30N2O3. The van der Waals surface area contributed by atoms with E-state index in [1.807, 2.05) is 0 Å². The molecule has 0 amide bonds. The maximum Gasteiger partial charge on any atom is 0.311 e. The zero-order valence-corrected chi connectivity index (χ0v) is 14.3. The first-order chi connectivity index (χ1) is 11.0. The normalized spacial score (nSPS) is 40.0. The molecule has 130 valence electrons. The van der Waals surface area contributed by atoms with Crippen LogP contribution in [0.3, 0.4) is 0 Å². The maximum atomic E-state index is 12.4. The second-order valence-electron chi connectivity index (χ2n) is 7.50. The molecule has 0 radical (unpaired) electrons. The van der Waals surface area contributed by atoms with Crippen molar-refractivity contribution in [2.24, 2.45) is 17.6 Å². The Morgan fingerprint density at radius 2 is 2.30 bits per heavy atom. The van der Waals surface area contributed by atoms with Gasteiger partial charge in [-0.25, -0.2) is 0 Å². The van der Waals surface area contributed by atoms with E-state index in [1.54, 1.807) is 0 Å². The van der Waals surface area contributed by atoms with Crippen molar-refractivity contribution in [3.63, 3.8) is 0 Å². The Hall–Kier alpha value is -0.910. The lowest BCUT2D eigenvalue weighted by Crippen LogP contribution is -2.34.